The van der Waals surface area contributed by atoms with E-state index in [2.05, 4.69) is 45.6 Å². The molecule has 2 N–H and O–H groups in total. The number of aryl methyl sites for hydroxylation is 2. The molecule has 31 heavy (non-hydrogen) atoms. The minimum atomic E-state index is -0.190. The van der Waals surface area contributed by atoms with E-state index in [4.69, 9.17) is 33.4 Å². The number of pyridine rings is 2. The SMILES string of the molecule is CCC(N/C(=N\C#N)Nc1cc(Cl)nc(Cl)c1)c1cc(C(C)C)c2c(C)nn(C)c2n1. The lowest BCUT2D eigenvalue weighted by atomic mass is 9.97. The number of fused-ring (bicyclic) bond motifs is 1. The van der Waals surface area contributed by atoms with Gasteiger partial charge in [-0.15, -0.1) is 4.99 Å². The summed E-state index contributed by atoms with van der Waals surface area (Å²) in [5, 5.41) is 21.6. The Morgan fingerprint density at radius 3 is 2.48 bits per heavy atom. The predicted octanol–water partition coefficient (Wildman–Crippen LogP) is 5.09. The molecule has 0 saturated carbocycles. The number of halogens is 2. The number of aromatic nitrogens is 4. The Balaban J connectivity index is 1.98. The van der Waals surface area contributed by atoms with Crippen molar-refractivity contribution in [1.29, 1.82) is 5.26 Å². The first-order chi connectivity index (χ1) is 14.7. The highest BCUT2D eigenvalue weighted by Gasteiger charge is 2.20. The Kier molecular flexibility index (Phi) is 6.98. The van der Waals surface area contributed by atoms with E-state index in [1.54, 1.807) is 16.8 Å². The summed E-state index contributed by atoms with van der Waals surface area (Å²) in [6.07, 6.45) is 2.54. The highest BCUT2D eigenvalue weighted by Crippen LogP contribution is 2.30. The topological polar surface area (TPSA) is 104 Å². The molecule has 8 nitrogen and oxygen atoms in total. The van der Waals surface area contributed by atoms with Crippen LogP contribution in [-0.4, -0.2) is 25.7 Å². The normalized spacial score (nSPS) is 12.8. The first-order valence-electron chi connectivity index (χ1n) is 9.91. The smallest absolute Gasteiger partial charge is 0.212 e. The molecular weight excluding hydrogens is 435 g/mol. The number of anilines is 1. The maximum atomic E-state index is 9.17. The van der Waals surface area contributed by atoms with E-state index in [1.807, 2.05) is 27.1 Å². The third-order valence-corrected chi connectivity index (χ3v) is 5.29. The summed E-state index contributed by atoms with van der Waals surface area (Å²) in [6.45, 7) is 8.34. The number of nitriles is 1. The Bertz CT molecular complexity index is 1160. The summed E-state index contributed by atoms with van der Waals surface area (Å²) in [7, 11) is 1.89. The fraction of sp³-hybridized carbons (Fsp3) is 0.381. The zero-order valence-electron chi connectivity index (χ0n) is 18.0. The van der Waals surface area contributed by atoms with Crippen LogP contribution in [0.5, 0.6) is 0 Å². The molecular formula is C21H24Cl2N8. The maximum Gasteiger partial charge on any atom is 0.212 e. The van der Waals surface area contributed by atoms with Crippen LogP contribution in [0.25, 0.3) is 11.0 Å². The van der Waals surface area contributed by atoms with Crippen LogP contribution in [0.4, 0.5) is 5.69 Å². The second-order valence-electron chi connectivity index (χ2n) is 7.49. The van der Waals surface area contributed by atoms with Crippen LogP contribution >= 0.6 is 23.2 Å². The molecule has 10 heteroatoms. The molecule has 0 amide bonds. The molecule has 0 aliphatic rings. The van der Waals surface area contributed by atoms with Crippen molar-refractivity contribution in [2.24, 2.45) is 12.0 Å². The van der Waals surface area contributed by atoms with Crippen LogP contribution in [-0.2, 0) is 7.05 Å². The number of rotatable bonds is 5. The fourth-order valence-corrected chi connectivity index (χ4v) is 3.96. The molecule has 0 aliphatic carbocycles. The monoisotopic (exact) mass is 458 g/mol. The van der Waals surface area contributed by atoms with Gasteiger partial charge in [-0.05, 0) is 43.0 Å². The number of guanidine groups is 1. The minimum Gasteiger partial charge on any atom is -0.347 e. The number of hydrogen-bond donors (Lipinski definition) is 2. The molecule has 0 aliphatic heterocycles. The molecule has 0 saturated heterocycles. The van der Waals surface area contributed by atoms with Crippen molar-refractivity contribution in [3.8, 4) is 6.19 Å². The van der Waals surface area contributed by atoms with Gasteiger partial charge in [-0.2, -0.15) is 10.4 Å². The van der Waals surface area contributed by atoms with Crippen LogP contribution in [0.15, 0.2) is 23.2 Å². The molecule has 3 aromatic rings. The zero-order valence-corrected chi connectivity index (χ0v) is 19.5. The average Bonchev–Trinajstić information content (AvgIpc) is 2.98. The molecule has 1 atom stereocenters. The highest BCUT2D eigenvalue weighted by molar-refractivity contribution is 6.33. The van der Waals surface area contributed by atoms with Gasteiger partial charge in [0, 0.05) is 18.1 Å². The van der Waals surface area contributed by atoms with Gasteiger partial charge in [-0.1, -0.05) is 44.0 Å². The Morgan fingerprint density at radius 1 is 1.23 bits per heavy atom. The van der Waals surface area contributed by atoms with E-state index in [0.717, 1.165) is 28.8 Å². The van der Waals surface area contributed by atoms with E-state index in [-0.39, 0.29) is 22.3 Å². The lowest BCUT2D eigenvalue weighted by molar-refractivity contribution is 0.605. The van der Waals surface area contributed by atoms with Crippen LogP contribution < -0.4 is 10.6 Å². The lowest BCUT2D eigenvalue weighted by Gasteiger charge is -2.21. The third kappa shape index (κ3) is 5.06. The van der Waals surface area contributed by atoms with Crippen molar-refractivity contribution in [2.75, 3.05) is 5.32 Å². The quantitative estimate of drug-likeness (QED) is 0.238. The standard InChI is InChI=1S/C21H24Cl2N8/c1-6-15(28-21(25-10-24)26-13-7-17(22)29-18(23)8-13)16-9-14(11(2)3)19-12(4)30-31(5)20(19)27-16/h7-9,11,15H,6H2,1-5H3,(H2,25,26,28,29). The van der Waals surface area contributed by atoms with Gasteiger partial charge in [-0.25, -0.2) is 9.97 Å². The molecule has 0 aromatic carbocycles. The van der Waals surface area contributed by atoms with Gasteiger partial charge in [0.05, 0.1) is 17.4 Å². The van der Waals surface area contributed by atoms with E-state index in [9.17, 15) is 0 Å². The number of nitrogens with one attached hydrogen (secondary N) is 2. The van der Waals surface area contributed by atoms with Crippen LogP contribution in [0, 0.1) is 18.4 Å². The predicted molar refractivity (Wildman–Crippen MR) is 124 cm³/mol. The van der Waals surface area contributed by atoms with Gasteiger partial charge in [0.15, 0.2) is 5.65 Å². The van der Waals surface area contributed by atoms with E-state index in [0.29, 0.717) is 11.6 Å². The van der Waals surface area contributed by atoms with Gasteiger partial charge >= 0.3 is 0 Å². The van der Waals surface area contributed by atoms with Crippen molar-refractivity contribution in [2.45, 2.75) is 46.1 Å². The summed E-state index contributed by atoms with van der Waals surface area (Å²) in [5.74, 6) is 0.568. The lowest BCUT2D eigenvalue weighted by Crippen LogP contribution is -2.34. The van der Waals surface area contributed by atoms with Crippen molar-refractivity contribution < 1.29 is 0 Å². The van der Waals surface area contributed by atoms with Crippen LogP contribution in [0.3, 0.4) is 0 Å². The van der Waals surface area contributed by atoms with Gasteiger partial charge in [0.1, 0.15) is 10.3 Å². The number of hydrogen-bond acceptors (Lipinski definition) is 5. The molecule has 3 aromatic heterocycles. The van der Waals surface area contributed by atoms with Gasteiger partial charge < -0.3 is 10.6 Å². The molecule has 0 radical (unpaired) electrons. The summed E-state index contributed by atoms with van der Waals surface area (Å²) in [6, 6.07) is 5.11. The second-order valence-corrected chi connectivity index (χ2v) is 8.27. The van der Waals surface area contributed by atoms with Crippen molar-refractivity contribution in [3.63, 3.8) is 0 Å². The van der Waals surface area contributed by atoms with Gasteiger partial charge in [0.2, 0.25) is 12.2 Å². The largest absolute Gasteiger partial charge is 0.347 e. The molecule has 0 spiro atoms. The van der Waals surface area contributed by atoms with Gasteiger partial charge in [-0.3, -0.25) is 4.68 Å². The fourth-order valence-electron chi connectivity index (χ4n) is 3.50. The summed E-state index contributed by atoms with van der Waals surface area (Å²) in [5.41, 5.74) is 4.39. The van der Waals surface area contributed by atoms with E-state index >= 15 is 0 Å². The number of aliphatic imine (C=N–C) groups is 1. The molecule has 3 rings (SSSR count). The molecule has 0 fully saturated rings. The van der Waals surface area contributed by atoms with E-state index in [1.165, 1.54) is 5.56 Å². The summed E-state index contributed by atoms with van der Waals surface area (Å²) in [4.78, 5) is 12.7. The highest BCUT2D eigenvalue weighted by atomic mass is 35.5. The second kappa shape index (κ2) is 9.50. The Labute approximate surface area is 191 Å². The Hall–Kier alpha value is -2.89. The molecule has 162 valence electrons. The first kappa shape index (κ1) is 22.8. The van der Waals surface area contributed by atoms with Crippen LogP contribution in [0.2, 0.25) is 10.3 Å². The van der Waals surface area contributed by atoms with Gasteiger partial charge in [0.25, 0.3) is 0 Å². The summed E-state index contributed by atoms with van der Waals surface area (Å²) >= 11 is 12.0. The average molecular weight is 459 g/mol. The van der Waals surface area contributed by atoms with Crippen molar-refractivity contribution in [3.05, 3.63) is 45.5 Å². The van der Waals surface area contributed by atoms with Crippen molar-refractivity contribution in [1.82, 2.24) is 25.1 Å². The maximum absolute atomic E-state index is 9.17. The van der Waals surface area contributed by atoms with Crippen molar-refractivity contribution >= 4 is 45.9 Å². The van der Waals surface area contributed by atoms with Crippen LogP contribution in [0.1, 0.15) is 56.1 Å². The first-order valence-corrected chi connectivity index (χ1v) is 10.7. The molecule has 3 heterocycles. The zero-order chi connectivity index (χ0) is 22.7. The number of nitrogens with zero attached hydrogens (tertiary/aromatic N) is 6. The minimum absolute atomic E-state index is 0.190. The molecule has 1 unspecified atom stereocenters. The third-order valence-electron chi connectivity index (χ3n) is 4.90. The van der Waals surface area contributed by atoms with E-state index < -0.39 is 0 Å². The Morgan fingerprint density at radius 2 is 1.90 bits per heavy atom. The molecule has 0 bridgehead atoms. The summed E-state index contributed by atoms with van der Waals surface area (Å²) < 4.78 is 1.80.